The number of methoxy groups -OCH3 is 1. The van der Waals surface area contributed by atoms with Crippen LogP contribution < -0.4 is 5.32 Å². The van der Waals surface area contributed by atoms with Crippen LogP contribution in [0.25, 0.3) is 0 Å². The number of hydrogen-bond donors (Lipinski definition) is 1. The van der Waals surface area contributed by atoms with Gasteiger partial charge in [-0.2, -0.15) is 4.98 Å². The number of rotatable bonds is 6. The maximum atomic E-state index is 5.11. The van der Waals surface area contributed by atoms with Crippen LogP contribution in [0.4, 0.5) is 0 Å². The molecule has 1 unspecified atom stereocenters. The van der Waals surface area contributed by atoms with E-state index in [-0.39, 0.29) is 0 Å². The summed E-state index contributed by atoms with van der Waals surface area (Å²) >= 11 is 0. The first-order chi connectivity index (χ1) is 6.74. The van der Waals surface area contributed by atoms with Gasteiger partial charge >= 0.3 is 0 Å². The molecule has 0 fully saturated rings. The van der Waals surface area contributed by atoms with E-state index in [0.29, 0.717) is 30.9 Å². The van der Waals surface area contributed by atoms with Crippen LogP contribution in [-0.4, -0.2) is 29.9 Å². The van der Waals surface area contributed by atoms with Crippen molar-refractivity contribution in [2.45, 2.75) is 26.4 Å². The summed E-state index contributed by atoms with van der Waals surface area (Å²) in [4.78, 5) is 3.93. The Kier molecular flexibility index (Phi) is 4.55. The zero-order valence-corrected chi connectivity index (χ0v) is 8.86. The highest BCUT2D eigenvalue weighted by molar-refractivity contribution is 4.79. The Labute approximate surface area is 83.8 Å². The van der Waals surface area contributed by atoms with Crippen LogP contribution in [0, 0.1) is 5.92 Å². The zero-order chi connectivity index (χ0) is 10.4. The average Bonchev–Trinajstić information content (AvgIpc) is 2.64. The maximum Gasteiger partial charge on any atom is 0.213 e. The van der Waals surface area contributed by atoms with E-state index in [2.05, 4.69) is 33.8 Å². The molecule has 0 radical (unpaired) electrons. The summed E-state index contributed by atoms with van der Waals surface area (Å²) in [5.41, 5.74) is 0. The zero-order valence-electron chi connectivity index (χ0n) is 8.86. The van der Waals surface area contributed by atoms with Crippen molar-refractivity contribution in [1.29, 1.82) is 0 Å². The molecule has 1 rings (SSSR count). The van der Waals surface area contributed by atoms with Gasteiger partial charge in [0.25, 0.3) is 0 Å². The van der Waals surface area contributed by atoms with E-state index < -0.39 is 0 Å². The Bertz CT molecular complexity index is 236. The Balaban J connectivity index is 2.33. The van der Waals surface area contributed by atoms with Gasteiger partial charge in [0.1, 0.15) is 0 Å². The van der Waals surface area contributed by atoms with Crippen molar-refractivity contribution in [3.63, 3.8) is 0 Å². The second-order valence-electron chi connectivity index (χ2n) is 3.53. The molecule has 1 aromatic heterocycles. The maximum absolute atomic E-state index is 5.11. The first kappa shape index (κ1) is 11.1. The minimum absolute atomic E-state index is 0.318. The standard InChI is InChI=1S/C9H17N3O2/c1-7(2)8(5-13-3)10-4-9-11-6-14-12-9/h6-8,10H,4-5H2,1-3H3. The molecule has 1 atom stereocenters. The molecule has 0 spiro atoms. The van der Waals surface area contributed by atoms with Gasteiger partial charge < -0.3 is 14.6 Å². The van der Waals surface area contributed by atoms with Crippen molar-refractivity contribution in [2.24, 2.45) is 5.92 Å². The fraction of sp³-hybridized carbons (Fsp3) is 0.778. The molecule has 5 nitrogen and oxygen atoms in total. The fourth-order valence-electron chi connectivity index (χ4n) is 1.16. The van der Waals surface area contributed by atoms with Crippen LogP contribution in [0.5, 0.6) is 0 Å². The first-order valence-corrected chi connectivity index (χ1v) is 4.71. The third-order valence-corrected chi connectivity index (χ3v) is 2.08. The van der Waals surface area contributed by atoms with E-state index in [1.165, 1.54) is 6.39 Å². The highest BCUT2D eigenvalue weighted by Crippen LogP contribution is 2.02. The predicted octanol–water partition coefficient (Wildman–Crippen LogP) is 0.830. The number of ether oxygens (including phenoxy) is 1. The van der Waals surface area contributed by atoms with Gasteiger partial charge in [0, 0.05) is 13.2 Å². The van der Waals surface area contributed by atoms with E-state index in [1.54, 1.807) is 7.11 Å². The smallest absolute Gasteiger partial charge is 0.213 e. The Morgan fingerprint density at radius 2 is 2.36 bits per heavy atom. The molecule has 14 heavy (non-hydrogen) atoms. The molecular formula is C9H17N3O2. The van der Waals surface area contributed by atoms with Gasteiger partial charge in [0.15, 0.2) is 5.82 Å². The largest absolute Gasteiger partial charge is 0.383 e. The average molecular weight is 199 g/mol. The van der Waals surface area contributed by atoms with Gasteiger partial charge in [-0.05, 0) is 5.92 Å². The molecule has 1 N–H and O–H groups in total. The molecule has 0 saturated heterocycles. The summed E-state index contributed by atoms with van der Waals surface area (Å²) in [6.45, 7) is 5.60. The van der Waals surface area contributed by atoms with Gasteiger partial charge in [-0.15, -0.1) is 0 Å². The van der Waals surface area contributed by atoms with Gasteiger partial charge in [0.05, 0.1) is 13.2 Å². The molecule has 0 aromatic carbocycles. The van der Waals surface area contributed by atoms with Gasteiger partial charge in [0.2, 0.25) is 6.39 Å². The van der Waals surface area contributed by atoms with E-state index in [1.807, 2.05) is 0 Å². The van der Waals surface area contributed by atoms with Crippen molar-refractivity contribution < 1.29 is 9.26 Å². The normalized spacial score (nSPS) is 13.4. The topological polar surface area (TPSA) is 60.2 Å². The van der Waals surface area contributed by atoms with Crippen molar-refractivity contribution >= 4 is 0 Å². The monoisotopic (exact) mass is 199 g/mol. The molecule has 1 heterocycles. The molecular weight excluding hydrogens is 182 g/mol. The molecule has 0 amide bonds. The summed E-state index contributed by atoms with van der Waals surface area (Å²) in [5, 5.41) is 7.03. The van der Waals surface area contributed by atoms with E-state index in [4.69, 9.17) is 4.74 Å². The van der Waals surface area contributed by atoms with Crippen LogP contribution in [0.15, 0.2) is 10.9 Å². The highest BCUT2D eigenvalue weighted by atomic mass is 16.5. The summed E-state index contributed by atoms with van der Waals surface area (Å²) in [5.74, 6) is 1.19. The molecule has 0 aliphatic heterocycles. The van der Waals surface area contributed by atoms with Gasteiger partial charge in [-0.25, -0.2) is 0 Å². The summed E-state index contributed by atoms with van der Waals surface area (Å²) < 4.78 is 9.74. The lowest BCUT2D eigenvalue weighted by molar-refractivity contribution is 0.146. The minimum Gasteiger partial charge on any atom is -0.383 e. The Morgan fingerprint density at radius 1 is 1.57 bits per heavy atom. The number of hydrogen-bond acceptors (Lipinski definition) is 5. The molecule has 0 aliphatic rings. The Morgan fingerprint density at radius 3 is 2.86 bits per heavy atom. The summed E-state index contributed by atoms with van der Waals surface area (Å²) in [7, 11) is 1.70. The van der Waals surface area contributed by atoms with Crippen molar-refractivity contribution in [1.82, 2.24) is 15.5 Å². The molecule has 0 bridgehead atoms. The van der Waals surface area contributed by atoms with E-state index >= 15 is 0 Å². The molecule has 80 valence electrons. The van der Waals surface area contributed by atoms with E-state index in [9.17, 15) is 0 Å². The van der Waals surface area contributed by atoms with Crippen LogP contribution in [0.3, 0.4) is 0 Å². The molecule has 1 aromatic rings. The lowest BCUT2D eigenvalue weighted by Crippen LogP contribution is -2.37. The summed E-state index contributed by atoms with van der Waals surface area (Å²) in [6, 6.07) is 0.318. The van der Waals surface area contributed by atoms with Crippen molar-refractivity contribution in [2.75, 3.05) is 13.7 Å². The SMILES string of the molecule is COCC(NCc1ncon1)C(C)C. The lowest BCUT2D eigenvalue weighted by Gasteiger charge is -2.20. The highest BCUT2D eigenvalue weighted by Gasteiger charge is 2.12. The molecule has 0 saturated carbocycles. The fourth-order valence-corrected chi connectivity index (χ4v) is 1.16. The van der Waals surface area contributed by atoms with Crippen molar-refractivity contribution in [3.8, 4) is 0 Å². The third kappa shape index (κ3) is 3.43. The van der Waals surface area contributed by atoms with Crippen molar-refractivity contribution in [3.05, 3.63) is 12.2 Å². The van der Waals surface area contributed by atoms with Gasteiger partial charge in [-0.3, -0.25) is 0 Å². The third-order valence-electron chi connectivity index (χ3n) is 2.08. The lowest BCUT2D eigenvalue weighted by atomic mass is 10.1. The second kappa shape index (κ2) is 5.72. The molecule has 0 aliphatic carbocycles. The second-order valence-corrected chi connectivity index (χ2v) is 3.53. The molecule has 5 heteroatoms. The van der Waals surface area contributed by atoms with Gasteiger partial charge in [-0.1, -0.05) is 19.0 Å². The number of aromatic nitrogens is 2. The van der Waals surface area contributed by atoms with Crippen LogP contribution in [-0.2, 0) is 11.3 Å². The van der Waals surface area contributed by atoms with E-state index in [0.717, 1.165) is 0 Å². The predicted molar refractivity (Wildman–Crippen MR) is 51.6 cm³/mol. The quantitative estimate of drug-likeness (QED) is 0.735. The Hall–Kier alpha value is -0.940. The summed E-state index contributed by atoms with van der Waals surface area (Å²) in [6.07, 6.45) is 1.33. The first-order valence-electron chi connectivity index (χ1n) is 4.71. The minimum atomic E-state index is 0.318. The number of nitrogens with one attached hydrogen (secondary N) is 1. The van der Waals surface area contributed by atoms with Crippen LogP contribution in [0.2, 0.25) is 0 Å². The van der Waals surface area contributed by atoms with Crippen LogP contribution in [0.1, 0.15) is 19.7 Å². The van der Waals surface area contributed by atoms with Crippen LogP contribution >= 0.6 is 0 Å². The number of nitrogens with zero attached hydrogens (tertiary/aromatic N) is 2.